The molecule has 27 nitrogen and oxygen atoms in total. The van der Waals surface area contributed by atoms with Crippen molar-refractivity contribution in [1.29, 1.82) is 0 Å². The molecular formula is C71H73N5O22. The molecular weight excluding hydrogens is 1270 g/mol. The standard InChI is InChI=1S/C27H25NO8.C22H22N2O8.C21H22N2O6.CH4/c1-14-19(25(27(32)33)28-24(14)23(15(2)29)26(28)31)13-35-20-6-4-3-5-17(20)12-34-18-9-7-16-8-10-22(30)36-21(16)11-18;1-9-6-16(26)32-15-7-12(4-5-13(9)15)23-22(30)31-8-14-10(2)18-17(11(3)25)20(27)24(18)19(14)21(28)29;1-9-6-16(25)29-15-7-12(4-5-13(9)15)22-8-14-10(2)18-17(11(3)24)20(26)23(18)19(14)21(27)28;/h3-11,14-15,23-24,29H,12-13H2,1-2H3,(H,32,33);4-7,10-11,17-18,25H,8H2,1-3H3,(H,23,30)(H,28,29);4-7,10-11,17-18,22,24H,8H2,1-3H3,(H,27,28);1H4/t14-,15+,23+,24+;2*10-,11+,17+,18+;/m000./s1. The van der Waals surface area contributed by atoms with E-state index in [1.54, 1.807) is 82.3 Å². The predicted molar refractivity (Wildman–Crippen MR) is 352 cm³/mol. The topological polar surface area (TPSA) is 393 Å². The fourth-order valence-corrected chi connectivity index (χ4v) is 14.1. The number of aliphatic hydroxyl groups excluding tert-OH is 3. The number of aryl methyl sites for hydroxylation is 2. The van der Waals surface area contributed by atoms with Crippen LogP contribution in [0.25, 0.3) is 32.9 Å². The van der Waals surface area contributed by atoms with Gasteiger partial charge in [0.25, 0.3) is 0 Å². The highest BCUT2D eigenvalue weighted by atomic mass is 16.5. The Morgan fingerprint density at radius 3 is 1.47 bits per heavy atom. The molecule has 98 heavy (non-hydrogen) atoms. The van der Waals surface area contributed by atoms with Crippen LogP contribution >= 0.6 is 0 Å². The molecule has 0 radical (unpaired) electrons. The van der Waals surface area contributed by atoms with Crippen LogP contribution in [-0.4, -0.2) is 143 Å². The van der Waals surface area contributed by atoms with E-state index < -0.39 is 101 Å². The summed E-state index contributed by atoms with van der Waals surface area (Å²) in [5.41, 5.74) is 4.19. The van der Waals surface area contributed by atoms with Crippen LogP contribution in [0.3, 0.4) is 0 Å². The Morgan fingerprint density at radius 2 is 0.959 bits per heavy atom. The van der Waals surface area contributed by atoms with Gasteiger partial charge in [0.1, 0.15) is 65.2 Å². The number of rotatable bonds is 18. The van der Waals surface area contributed by atoms with E-state index in [0.717, 1.165) is 37.7 Å². The van der Waals surface area contributed by atoms with E-state index in [9.17, 15) is 78.6 Å². The molecule has 0 spiro atoms. The van der Waals surface area contributed by atoms with Gasteiger partial charge in [0.2, 0.25) is 17.7 Å². The molecule has 514 valence electrons. The number of nitrogens with zero attached hydrogens (tertiary/aromatic N) is 3. The molecule has 0 bridgehead atoms. The van der Waals surface area contributed by atoms with Crippen LogP contribution in [-0.2, 0) is 40.1 Å². The number of aliphatic hydroxyl groups is 3. The van der Waals surface area contributed by atoms with Crippen molar-refractivity contribution in [2.24, 2.45) is 35.5 Å². The van der Waals surface area contributed by atoms with Gasteiger partial charge in [-0.05, 0) is 99.8 Å². The summed E-state index contributed by atoms with van der Waals surface area (Å²) in [6.07, 6.45) is -3.45. The SMILES string of the molecule is C.C[C@@H](O)[C@H]1C(=O)N2C(C(=O)O)=C(COc3ccccc3COc3ccc4ccc(=O)oc4c3)[C@H](C)[C@H]12.Cc1cc(=O)oc2cc(NC(=O)OCC3=C(C(=O)O)N4C(=O)[C@H]([C@@H](C)O)[C@H]4[C@H]3C)ccc12.Cc1cc(=O)oc2cc(NCC3=C(C(=O)O)N4C(=O)[C@H]([C@@H](C)O)[C@H]4[C@H]3C)ccc12. The molecule has 13 rings (SSSR count). The van der Waals surface area contributed by atoms with Crippen molar-refractivity contribution in [1.82, 2.24) is 14.7 Å². The van der Waals surface area contributed by atoms with E-state index in [2.05, 4.69) is 10.6 Å². The second-order valence-corrected chi connectivity index (χ2v) is 24.9. The summed E-state index contributed by atoms with van der Waals surface area (Å²) < 4.78 is 32.8. The minimum atomic E-state index is -1.30. The number of benzene rings is 4. The smallest absolute Gasteiger partial charge is 0.411 e. The van der Waals surface area contributed by atoms with Crippen molar-refractivity contribution in [2.75, 3.05) is 30.4 Å². The molecule has 3 aromatic heterocycles. The molecule has 4 aromatic carbocycles. The van der Waals surface area contributed by atoms with E-state index in [4.69, 9.17) is 27.5 Å². The van der Waals surface area contributed by atoms with Gasteiger partial charge in [-0.15, -0.1) is 0 Å². The monoisotopic (exact) mass is 1350 g/mol. The Bertz CT molecular complexity index is 4710. The maximum atomic E-state index is 12.5. The summed E-state index contributed by atoms with van der Waals surface area (Å²) in [7, 11) is 0. The third kappa shape index (κ3) is 12.9. The molecule has 7 aromatic rings. The van der Waals surface area contributed by atoms with Crippen LogP contribution in [0.5, 0.6) is 11.5 Å². The molecule has 4 amide bonds. The van der Waals surface area contributed by atoms with Gasteiger partial charge in [-0.3, -0.25) is 19.7 Å². The van der Waals surface area contributed by atoms with Crippen LogP contribution < -0.4 is 37.0 Å². The number of carboxylic acids is 3. The molecule has 6 aliphatic rings. The zero-order valence-electron chi connectivity index (χ0n) is 53.6. The number of carbonyl (C=O) groups excluding carboxylic acids is 4. The van der Waals surface area contributed by atoms with Gasteiger partial charge in [-0.1, -0.05) is 46.4 Å². The number of ether oxygens (including phenoxy) is 3. The minimum absolute atomic E-state index is 0. The molecule has 0 saturated carbocycles. The first kappa shape index (κ1) is 69.9. The number of fused-ring (bicyclic) bond motifs is 6. The largest absolute Gasteiger partial charge is 0.489 e. The van der Waals surface area contributed by atoms with E-state index in [-0.39, 0.29) is 80.6 Å². The van der Waals surface area contributed by atoms with Crippen molar-refractivity contribution in [3.8, 4) is 11.5 Å². The van der Waals surface area contributed by atoms with Crippen LogP contribution in [0, 0.1) is 49.4 Å². The molecule has 27 heteroatoms. The maximum Gasteiger partial charge on any atom is 0.411 e. The fraction of sp³-hybridized carbons (Fsp3) is 0.352. The first-order valence-electron chi connectivity index (χ1n) is 31.1. The fourth-order valence-electron chi connectivity index (χ4n) is 14.1. The molecule has 12 atom stereocenters. The van der Waals surface area contributed by atoms with Gasteiger partial charge in [-0.25, -0.2) is 33.6 Å². The van der Waals surface area contributed by atoms with Gasteiger partial charge in [-0.2, -0.15) is 0 Å². The normalized spacial score (nSPS) is 22.8. The zero-order chi connectivity index (χ0) is 69.9. The molecule has 3 fully saturated rings. The molecule has 0 unspecified atom stereocenters. The van der Waals surface area contributed by atoms with Gasteiger partial charge < -0.3 is 78.1 Å². The van der Waals surface area contributed by atoms with Crippen LogP contribution in [0.2, 0.25) is 0 Å². The second-order valence-electron chi connectivity index (χ2n) is 24.9. The number of anilines is 2. The van der Waals surface area contributed by atoms with Crippen molar-refractivity contribution < 1.29 is 91.7 Å². The van der Waals surface area contributed by atoms with E-state index >= 15 is 0 Å². The first-order chi connectivity index (χ1) is 46.1. The summed E-state index contributed by atoms with van der Waals surface area (Å²) in [5.74, 6) is -6.59. The number of carbonyl (C=O) groups is 7. The van der Waals surface area contributed by atoms with Crippen LogP contribution in [0.1, 0.15) is 65.7 Å². The minimum Gasteiger partial charge on any atom is -0.489 e. The number of amides is 4. The Morgan fingerprint density at radius 1 is 0.510 bits per heavy atom. The number of carboxylic acid groups (broad SMARTS) is 3. The Kier molecular flexibility index (Phi) is 19.7. The maximum absolute atomic E-state index is 12.5. The lowest BCUT2D eigenvalue weighted by Gasteiger charge is -2.46. The Hall–Kier alpha value is -10.9. The predicted octanol–water partition coefficient (Wildman–Crippen LogP) is 7.14. The third-order valence-electron chi connectivity index (χ3n) is 18.9. The number of hydrogen-bond donors (Lipinski definition) is 8. The number of hydrogen-bond acceptors (Lipinski definition) is 20. The molecule has 6 aliphatic heterocycles. The number of β-lactam (4-membered cyclic amide) rings is 3. The zero-order valence-corrected chi connectivity index (χ0v) is 53.6. The molecule has 9 heterocycles. The summed E-state index contributed by atoms with van der Waals surface area (Å²) >= 11 is 0. The van der Waals surface area contributed by atoms with Crippen molar-refractivity contribution in [2.45, 2.75) is 106 Å². The highest BCUT2D eigenvalue weighted by Gasteiger charge is 2.62. The summed E-state index contributed by atoms with van der Waals surface area (Å²) in [6, 6.07) is 27.2. The van der Waals surface area contributed by atoms with Crippen molar-refractivity contribution in [3.05, 3.63) is 185 Å². The highest BCUT2D eigenvalue weighted by Crippen LogP contribution is 2.50. The second kappa shape index (κ2) is 27.7. The van der Waals surface area contributed by atoms with Crippen LogP contribution in [0.15, 0.2) is 165 Å². The van der Waals surface area contributed by atoms with Crippen molar-refractivity contribution >= 4 is 86.0 Å². The summed E-state index contributed by atoms with van der Waals surface area (Å²) in [6.45, 7) is 13.7. The average molecular weight is 1350 g/mol. The van der Waals surface area contributed by atoms with E-state index in [0.29, 0.717) is 56.3 Å². The first-order valence-corrected chi connectivity index (χ1v) is 31.1. The van der Waals surface area contributed by atoms with Gasteiger partial charge in [0.15, 0.2) is 0 Å². The quantitative estimate of drug-likeness (QED) is 0.0312. The Balaban J connectivity index is 0.000000159. The molecule has 3 saturated heterocycles. The summed E-state index contributed by atoms with van der Waals surface area (Å²) in [4.78, 5) is 124. The van der Waals surface area contributed by atoms with Gasteiger partial charge >= 0.3 is 40.9 Å². The van der Waals surface area contributed by atoms with E-state index in [1.807, 2.05) is 45.0 Å². The van der Waals surface area contributed by atoms with Gasteiger partial charge in [0, 0.05) is 105 Å². The number of para-hydroxylation sites is 1. The molecule has 8 N–H and O–H groups in total. The van der Waals surface area contributed by atoms with E-state index in [1.165, 1.54) is 41.0 Å². The van der Waals surface area contributed by atoms with Gasteiger partial charge in [0.05, 0.1) is 54.2 Å². The van der Waals surface area contributed by atoms with Crippen LogP contribution in [0.4, 0.5) is 16.2 Å². The number of nitrogens with one attached hydrogen (secondary N) is 2. The Labute approximate surface area is 558 Å². The van der Waals surface area contributed by atoms with Crippen molar-refractivity contribution in [3.63, 3.8) is 0 Å². The lowest BCUT2D eigenvalue weighted by Crippen LogP contribution is -2.63. The highest BCUT2D eigenvalue weighted by molar-refractivity contribution is 6.02. The lowest BCUT2D eigenvalue weighted by atomic mass is 9.78. The lowest BCUT2D eigenvalue weighted by molar-refractivity contribution is -0.163. The average Bonchev–Trinajstić information content (AvgIpc) is 1.56. The number of aliphatic carboxylic acids is 3. The third-order valence-corrected chi connectivity index (χ3v) is 18.9. The molecule has 0 aliphatic carbocycles. The summed E-state index contributed by atoms with van der Waals surface area (Å²) in [5, 5.41) is 66.9.